The predicted octanol–water partition coefficient (Wildman–Crippen LogP) is 3.26. The Hall–Kier alpha value is -2.32. The fraction of sp³-hybridized carbons (Fsp3) is 0.0667. The van der Waals surface area contributed by atoms with Gasteiger partial charge in [0.1, 0.15) is 5.82 Å². The van der Waals surface area contributed by atoms with E-state index >= 15 is 0 Å². The average Bonchev–Trinajstić information content (AvgIpc) is 2.48. The summed E-state index contributed by atoms with van der Waals surface area (Å²) in [5.41, 5.74) is 1.52. The molecule has 0 fully saturated rings. The van der Waals surface area contributed by atoms with E-state index in [0.717, 1.165) is 0 Å². The van der Waals surface area contributed by atoms with Gasteiger partial charge >= 0.3 is 0 Å². The molecular formula is C15H11FN2OS. The van der Waals surface area contributed by atoms with Gasteiger partial charge in [0, 0.05) is 23.2 Å². The quantitative estimate of drug-likeness (QED) is 0.861. The average molecular weight is 286 g/mol. The van der Waals surface area contributed by atoms with Crippen molar-refractivity contribution in [2.75, 3.05) is 11.9 Å². The lowest BCUT2D eigenvalue weighted by Crippen LogP contribution is -2.26. The number of nitrogens with zero attached hydrogens (tertiary/aromatic N) is 2. The zero-order valence-electron chi connectivity index (χ0n) is 10.7. The van der Waals surface area contributed by atoms with Crippen LogP contribution in [0.1, 0.15) is 15.9 Å². The number of hydrogen-bond acceptors (Lipinski definition) is 3. The molecule has 0 bridgehead atoms. The van der Waals surface area contributed by atoms with E-state index in [1.165, 1.54) is 23.1 Å². The fourth-order valence-corrected chi connectivity index (χ4v) is 1.93. The molecule has 0 aromatic heterocycles. The van der Waals surface area contributed by atoms with Crippen LogP contribution in [0.2, 0.25) is 0 Å². The first-order valence-electron chi connectivity index (χ1n) is 5.79. The van der Waals surface area contributed by atoms with E-state index in [1.54, 1.807) is 31.3 Å². The number of halogens is 1. The Morgan fingerprint density at radius 1 is 1.25 bits per heavy atom. The number of benzene rings is 2. The molecule has 2 rings (SSSR count). The van der Waals surface area contributed by atoms with Crippen molar-refractivity contribution in [1.82, 2.24) is 0 Å². The van der Waals surface area contributed by atoms with E-state index in [-0.39, 0.29) is 10.8 Å². The van der Waals surface area contributed by atoms with Crippen molar-refractivity contribution in [3.63, 3.8) is 0 Å². The summed E-state index contributed by atoms with van der Waals surface area (Å²) in [5, 5.41) is 8.74. The Bertz CT molecular complexity index is 692. The lowest BCUT2D eigenvalue weighted by molar-refractivity contribution is 0.0992. The second kappa shape index (κ2) is 5.76. The zero-order valence-corrected chi connectivity index (χ0v) is 11.6. The molecule has 0 radical (unpaired) electrons. The molecule has 2 aromatic carbocycles. The highest BCUT2D eigenvalue weighted by Gasteiger charge is 2.14. The van der Waals surface area contributed by atoms with Gasteiger partial charge in [0.2, 0.25) is 0 Å². The predicted molar refractivity (Wildman–Crippen MR) is 77.5 cm³/mol. The molecule has 0 heterocycles. The summed E-state index contributed by atoms with van der Waals surface area (Å²) in [7, 11) is 1.62. The zero-order chi connectivity index (χ0) is 14.7. The Labute approximate surface area is 121 Å². The molecule has 100 valence electrons. The molecule has 0 unspecified atom stereocenters. The van der Waals surface area contributed by atoms with Gasteiger partial charge in [-0.25, -0.2) is 4.39 Å². The third kappa shape index (κ3) is 2.81. The standard InChI is InChI=1S/C15H11FN2OS/c1-18(12-5-2-10(9-17)3-6-12)15(19)11-4-7-13(16)14(20)8-11/h2-8,20H,1H3. The molecule has 0 aliphatic heterocycles. The number of amides is 1. The van der Waals surface area contributed by atoms with Crippen LogP contribution in [-0.4, -0.2) is 13.0 Å². The molecule has 3 nitrogen and oxygen atoms in total. The summed E-state index contributed by atoms with van der Waals surface area (Å²) in [4.78, 5) is 13.8. The molecule has 1 amide bonds. The summed E-state index contributed by atoms with van der Waals surface area (Å²) >= 11 is 3.96. The summed E-state index contributed by atoms with van der Waals surface area (Å²) < 4.78 is 13.1. The van der Waals surface area contributed by atoms with Crippen molar-refractivity contribution in [2.24, 2.45) is 0 Å². The first-order chi connectivity index (χ1) is 9.52. The van der Waals surface area contributed by atoms with Crippen molar-refractivity contribution < 1.29 is 9.18 Å². The van der Waals surface area contributed by atoms with Gasteiger partial charge in [-0.05, 0) is 42.5 Å². The number of anilines is 1. The SMILES string of the molecule is CN(C(=O)c1ccc(F)c(S)c1)c1ccc(C#N)cc1. The van der Waals surface area contributed by atoms with E-state index in [1.807, 2.05) is 6.07 Å². The van der Waals surface area contributed by atoms with Crippen molar-refractivity contribution in [1.29, 1.82) is 5.26 Å². The van der Waals surface area contributed by atoms with Crippen molar-refractivity contribution in [3.8, 4) is 6.07 Å². The maximum absolute atomic E-state index is 13.1. The van der Waals surface area contributed by atoms with Gasteiger partial charge in [-0.1, -0.05) is 0 Å². The highest BCUT2D eigenvalue weighted by atomic mass is 32.1. The monoisotopic (exact) mass is 286 g/mol. The third-order valence-corrected chi connectivity index (χ3v) is 3.22. The van der Waals surface area contributed by atoms with Crippen LogP contribution in [0.5, 0.6) is 0 Å². The van der Waals surface area contributed by atoms with Crippen LogP contribution in [-0.2, 0) is 0 Å². The molecule has 5 heteroatoms. The third-order valence-electron chi connectivity index (χ3n) is 2.88. The fourth-order valence-electron chi connectivity index (χ4n) is 1.72. The Morgan fingerprint density at radius 2 is 1.90 bits per heavy atom. The summed E-state index contributed by atoms with van der Waals surface area (Å²) in [6.45, 7) is 0. The van der Waals surface area contributed by atoms with Crippen LogP contribution in [0.3, 0.4) is 0 Å². The number of nitriles is 1. The van der Waals surface area contributed by atoms with E-state index in [4.69, 9.17) is 5.26 Å². The van der Waals surface area contributed by atoms with Gasteiger partial charge in [0.25, 0.3) is 5.91 Å². The van der Waals surface area contributed by atoms with Crippen LogP contribution < -0.4 is 4.90 Å². The molecule has 0 atom stereocenters. The summed E-state index contributed by atoms with van der Waals surface area (Å²) in [6, 6.07) is 12.7. The molecular weight excluding hydrogens is 275 g/mol. The first-order valence-corrected chi connectivity index (χ1v) is 6.24. The van der Waals surface area contributed by atoms with Crippen LogP contribution >= 0.6 is 12.6 Å². The Kier molecular flexibility index (Phi) is 4.06. The van der Waals surface area contributed by atoms with Crippen LogP contribution in [0, 0.1) is 17.1 Å². The van der Waals surface area contributed by atoms with Gasteiger partial charge < -0.3 is 4.90 Å². The van der Waals surface area contributed by atoms with Crippen LogP contribution in [0.4, 0.5) is 10.1 Å². The van der Waals surface area contributed by atoms with E-state index in [0.29, 0.717) is 16.8 Å². The van der Waals surface area contributed by atoms with Crippen LogP contribution in [0.15, 0.2) is 47.4 Å². The number of thiol groups is 1. The van der Waals surface area contributed by atoms with Crippen molar-refractivity contribution in [3.05, 3.63) is 59.4 Å². The molecule has 2 aromatic rings. The second-order valence-corrected chi connectivity index (χ2v) is 4.67. The molecule has 0 saturated heterocycles. The Balaban J connectivity index is 2.27. The molecule has 20 heavy (non-hydrogen) atoms. The minimum absolute atomic E-state index is 0.129. The highest BCUT2D eigenvalue weighted by molar-refractivity contribution is 7.80. The second-order valence-electron chi connectivity index (χ2n) is 4.19. The van der Waals surface area contributed by atoms with Crippen molar-refractivity contribution in [2.45, 2.75) is 4.90 Å². The van der Waals surface area contributed by atoms with E-state index in [9.17, 15) is 9.18 Å². The highest BCUT2D eigenvalue weighted by Crippen LogP contribution is 2.19. The van der Waals surface area contributed by atoms with E-state index in [2.05, 4.69) is 12.6 Å². The smallest absolute Gasteiger partial charge is 0.258 e. The van der Waals surface area contributed by atoms with Gasteiger partial charge in [-0.2, -0.15) is 5.26 Å². The lowest BCUT2D eigenvalue weighted by atomic mass is 10.1. The number of hydrogen-bond donors (Lipinski definition) is 1. The number of carbonyl (C=O) groups is 1. The van der Waals surface area contributed by atoms with Gasteiger partial charge in [-0.3, -0.25) is 4.79 Å². The first kappa shape index (κ1) is 14.1. The normalized spacial score (nSPS) is 9.90. The molecule has 0 aliphatic carbocycles. The maximum Gasteiger partial charge on any atom is 0.258 e. The minimum Gasteiger partial charge on any atom is -0.311 e. The van der Waals surface area contributed by atoms with Gasteiger partial charge in [-0.15, -0.1) is 12.6 Å². The summed E-state index contributed by atoms with van der Waals surface area (Å²) in [6.07, 6.45) is 0. The lowest BCUT2D eigenvalue weighted by Gasteiger charge is -2.17. The van der Waals surface area contributed by atoms with Crippen LogP contribution in [0.25, 0.3) is 0 Å². The molecule has 0 saturated carbocycles. The van der Waals surface area contributed by atoms with E-state index < -0.39 is 5.82 Å². The molecule has 0 aliphatic rings. The number of carbonyl (C=O) groups excluding carboxylic acids is 1. The maximum atomic E-state index is 13.1. The van der Waals surface area contributed by atoms with Gasteiger partial charge in [0.05, 0.1) is 11.6 Å². The molecule has 0 spiro atoms. The largest absolute Gasteiger partial charge is 0.311 e. The Morgan fingerprint density at radius 3 is 2.45 bits per heavy atom. The van der Waals surface area contributed by atoms with Gasteiger partial charge in [0.15, 0.2) is 0 Å². The number of rotatable bonds is 2. The minimum atomic E-state index is -0.467. The topological polar surface area (TPSA) is 44.1 Å². The molecule has 0 N–H and O–H groups in total. The van der Waals surface area contributed by atoms with Crippen molar-refractivity contribution >= 4 is 24.2 Å². The summed E-state index contributed by atoms with van der Waals surface area (Å²) in [5.74, 6) is -0.740.